The van der Waals surface area contributed by atoms with Crippen LogP contribution in [-0.2, 0) is 6.54 Å². The van der Waals surface area contributed by atoms with E-state index in [4.69, 9.17) is 4.52 Å². The molecule has 2 N–H and O–H groups in total. The van der Waals surface area contributed by atoms with Crippen LogP contribution in [0.5, 0.6) is 0 Å². The summed E-state index contributed by atoms with van der Waals surface area (Å²) in [6, 6.07) is 10.4. The first-order valence-electron chi connectivity index (χ1n) is 9.89. The van der Waals surface area contributed by atoms with E-state index in [-0.39, 0.29) is 5.92 Å². The Kier molecular flexibility index (Phi) is 6.36. The number of aromatic nitrogens is 3. The molecule has 7 heteroatoms. The van der Waals surface area contributed by atoms with Gasteiger partial charge in [-0.25, -0.2) is 4.68 Å². The summed E-state index contributed by atoms with van der Waals surface area (Å²) in [5, 5.41) is 15.5. The van der Waals surface area contributed by atoms with Gasteiger partial charge < -0.3 is 15.2 Å². The Morgan fingerprint density at radius 3 is 2.55 bits per heavy atom. The van der Waals surface area contributed by atoms with Crippen LogP contribution in [0.1, 0.15) is 46.8 Å². The maximum Gasteiger partial charge on any atom is 0.191 e. The lowest BCUT2D eigenvalue weighted by atomic mass is 10.00. The normalized spacial score (nSPS) is 12.8. The summed E-state index contributed by atoms with van der Waals surface area (Å²) in [6.07, 6.45) is 0. The molecule has 7 nitrogen and oxygen atoms in total. The number of nitrogens with zero attached hydrogens (tertiary/aromatic N) is 4. The van der Waals surface area contributed by atoms with Crippen LogP contribution in [0.3, 0.4) is 0 Å². The topological polar surface area (TPSA) is 80.3 Å². The van der Waals surface area contributed by atoms with Gasteiger partial charge >= 0.3 is 0 Å². The van der Waals surface area contributed by atoms with Crippen molar-refractivity contribution >= 4 is 5.96 Å². The summed E-state index contributed by atoms with van der Waals surface area (Å²) in [4.78, 5) is 4.36. The van der Waals surface area contributed by atoms with E-state index in [1.54, 1.807) is 7.05 Å². The van der Waals surface area contributed by atoms with Gasteiger partial charge in [-0.05, 0) is 45.4 Å². The lowest BCUT2D eigenvalue weighted by Crippen LogP contribution is -2.38. The molecule has 0 aliphatic heterocycles. The first-order chi connectivity index (χ1) is 13.9. The maximum absolute atomic E-state index is 5.29. The molecule has 2 heterocycles. The van der Waals surface area contributed by atoms with Crippen LogP contribution < -0.4 is 10.6 Å². The summed E-state index contributed by atoms with van der Waals surface area (Å²) < 4.78 is 7.28. The Morgan fingerprint density at radius 2 is 1.93 bits per heavy atom. The fraction of sp³-hybridized carbons (Fsp3) is 0.409. The van der Waals surface area contributed by atoms with E-state index in [1.807, 2.05) is 37.6 Å². The van der Waals surface area contributed by atoms with E-state index in [9.17, 15) is 0 Å². The lowest BCUT2D eigenvalue weighted by molar-refractivity contribution is 0.391. The van der Waals surface area contributed by atoms with Crippen LogP contribution in [-0.4, -0.2) is 34.5 Å². The van der Waals surface area contributed by atoms with Crippen LogP contribution in [0.4, 0.5) is 0 Å². The summed E-state index contributed by atoms with van der Waals surface area (Å²) in [5.41, 5.74) is 6.45. The van der Waals surface area contributed by atoms with E-state index in [2.05, 4.69) is 57.9 Å². The van der Waals surface area contributed by atoms with Crippen LogP contribution in [0.25, 0.3) is 5.69 Å². The minimum atomic E-state index is 0.266. The summed E-state index contributed by atoms with van der Waals surface area (Å²) in [5.74, 6) is 1.90. The average molecular weight is 395 g/mol. The van der Waals surface area contributed by atoms with E-state index in [1.165, 1.54) is 0 Å². The molecule has 29 heavy (non-hydrogen) atoms. The number of nitrogens with one attached hydrogen (secondary N) is 2. The molecule has 1 aromatic carbocycles. The molecule has 0 radical (unpaired) electrons. The first kappa shape index (κ1) is 20.6. The maximum atomic E-state index is 5.29. The highest BCUT2D eigenvalue weighted by atomic mass is 16.5. The van der Waals surface area contributed by atoms with Crippen LogP contribution in [0.15, 0.2) is 39.8 Å². The molecule has 0 aliphatic carbocycles. The highest BCUT2D eigenvalue weighted by molar-refractivity contribution is 5.79. The number of para-hydroxylation sites is 1. The Morgan fingerprint density at radius 1 is 1.17 bits per heavy atom. The fourth-order valence-corrected chi connectivity index (χ4v) is 3.68. The van der Waals surface area contributed by atoms with Crippen molar-refractivity contribution in [3.63, 3.8) is 0 Å². The van der Waals surface area contributed by atoms with Crippen molar-refractivity contribution in [1.29, 1.82) is 0 Å². The van der Waals surface area contributed by atoms with E-state index in [0.717, 1.165) is 52.2 Å². The third-order valence-corrected chi connectivity index (χ3v) is 5.06. The van der Waals surface area contributed by atoms with Crippen LogP contribution in [0.2, 0.25) is 0 Å². The minimum absolute atomic E-state index is 0.266. The number of hydrogen-bond acceptors (Lipinski definition) is 4. The van der Waals surface area contributed by atoms with Crippen molar-refractivity contribution in [3.05, 3.63) is 64.3 Å². The van der Waals surface area contributed by atoms with Gasteiger partial charge in [0.15, 0.2) is 5.96 Å². The second-order valence-corrected chi connectivity index (χ2v) is 7.41. The molecule has 3 rings (SSSR count). The standard InChI is InChI=1S/C22H30N6O/c1-14(21-17(4)27-29-18(21)5)12-24-22(23-6)25-13-19-9-7-8-10-20(19)28-16(3)11-15(2)26-28/h7-11,14H,12-13H2,1-6H3,(H2,23,24,25). The smallest absolute Gasteiger partial charge is 0.191 e. The van der Waals surface area contributed by atoms with Crippen molar-refractivity contribution in [3.8, 4) is 5.69 Å². The Bertz CT molecular complexity index is 981. The van der Waals surface area contributed by atoms with Crippen molar-refractivity contribution in [2.24, 2.45) is 4.99 Å². The van der Waals surface area contributed by atoms with Gasteiger partial charge in [-0.15, -0.1) is 0 Å². The lowest BCUT2D eigenvalue weighted by Gasteiger charge is -2.17. The predicted molar refractivity (Wildman–Crippen MR) is 116 cm³/mol. The van der Waals surface area contributed by atoms with Crippen LogP contribution >= 0.6 is 0 Å². The molecule has 1 atom stereocenters. The predicted octanol–water partition coefficient (Wildman–Crippen LogP) is 3.56. The fourth-order valence-electron chi connectivity index (χ4n) is 3.68. The molecule has 154 valence electrons. The van der Waals surface area contributed by atoms with Crippen LogP contribution in [0, 0.1) is 27.7 Å². The third-order valence-electron chi connectivity index (χ3n) is 5.06. The number of guanidine groups is 1. The number of rotatable bonds is 6. The molecular weight excluding hydrogens is 364 g/mol. The second kappa shape index (κ2) is 8.94. The van der Waals surface area contributed by atoms with Crippen molar-refractivity contribution in [2.45, 2.75) is 47.1 Å². The summed E-state index contributed by atoms with van der Waals surface area (Å²) in [6.45, 7) is 11.6. The Balaban J connectivity index is 1.65. The molecule has 0 saturated heterocycles. The second-order valence-electron chi connectivity index (χ2n) is 7.41. The van der Waals surface area contributed by atoms with Gasteiger partial charge in [-0.2, -0.15) is 5.10 Å². The SMILES string of the molecule is CN=C(NCc1ccccc1-n1nc(C)cc1C)NCC(C)c1c(C)noc1C. The average Bonchev–Trinajstić information content (AvgIpc) is 3.22. The quantitative estimate of drug-likeness (QED) is 0.494. The van der Waals surface area contributed by atoms with Gasteiger partial charge in [0.05, 0.1) is 17.1 Å². The number of aryl methyl sites for hydroxylation is 4. The molecule has 1 unspecified atom stereocenters. The van der Waals surface area contributed by atoms with Crippen molar-refractivity contribution in [2.75, 3.05) is 13.6 Å². The summed E-state index contributed by atoms with van der Waals surface area (Å²) >= 11 is 0. The molecule has 0 saturated carbocycles. The van der Waals surface area contributed by atoms with Gasteiger partial charge in [-0.3, -0.25) is 4.99 Å². The van der Waals surface area contributed by atoms with E-state index < -0.39 is 0 Å². The van der Waals surface area contributed by atoms with Gasteiger partial charge in [0.1, 0.15) is 5.76 Å². The summed E-state index contributed by atoms with van der Waals surface area (Å²) in [7, 11) is 1.78. The van der Waals surface area contributed by atoms with Crippen molar-refractivity contribution in [1.82, 2.24) is 25.6 Å². The molecule has 2 aromatic heterocycles. The van der Waals surface area contributed by atoms with Gasteiger partial charge in [0, 0.05) is 37.3 Å². The number of aliphatic imine (C=N–C) groups is 1. The van der Waals surface area contributed by atoms with Gasteiger partial charge in [0.2, 0.25) is 0 Å². The van der Waals surface area contributed by atoms with E-state index in [0.29, 0.717) is 6.54 Å². The van der Waals surface area contributed by atoms with E-state index >= 15 is 0 Å². The molecule has 3 aromatic rings. The Labute approximate surface area is 172 Å². The Hall–Kier alpha value is -3.09. The first-order valence-corrected chi connectivity index (χ1v) is 9.89. The number of hydrogen-bond donors (Lipinski definition) is 2. The zero-order valence-electron chi connectivity index (χ0n) is 18.1. The molecule has 0 bridgehead atoms. The molecule has 0 fully saturated rings. The van der Waals surface area contributed by atoms with Gasteiger partial charge in [0.25, 0.3) is 0 Å². The minimum Gasteiger partial charge on any atom is -0.361 e. The third kappa shape index (κ3) is 4.67. The number of benzene rings is 1. The monoisotopic (exact) mass is 394 g/mol. The van der Waals surface area contributed by atoms with Gasteiger partial charge in [-0.1, -0.05) is 30.3 Å². The van der Waals surface area contributed by atoms with Crippen molar-refractivity contribution < 1.29 is 4.52 Å². The highest BCUT2D eigenvalue weighted by Crippen LogP contribution is 2.22. The molecule has 0 amide bonds. The molecule has 0 spiro atoms. The largest absolute Gasteiger partial charge is 0.361 e. The zero-order chi connectivity index (χ0) is 21.0. The molecular formula is C22H30N6O. The molecule has 0 aliphatic rings. The zero-order valence-corrected chi connectivity index (χ0v) is 18.1. The highest BCUT2D eigenvalue weighted by Gasteiger charge is 2.17.